The van der Waals surface area contributed by atoms with Gasteiger partial charge in [-0.05, 0) is 42.7 Å². The molecule has 0 unspecified atom stereocenters. The van der Waals surface area contributed by atoms with Gasteiger partial charge >= 0.3 is 0 Å². The van der Waals surface area contributed by atoms with Crippen LogP contribution in [0.5, 0.6) is 0 Å². The van der Waals surface area contributed by atoms with Gasteiger partial charge in [-0.1, -0.05) is 36.4 Å². The van der Waals surface area contributed by atoms with Crippen LogP contribution in [0.1, 0.15) is 22.5 Å². The first kappa shape index (κ1) is 18.5. The Morgan fingerprint density at radius 2 is 1.67 bits per heavy atom. The third kappa shape index (κ3) is 5.10. The van der Waals surface area contributed by atoms with Crippen LogP contribution in [0.3, 0.4) is 0 Å². The van der Waals surface area contributed by atoms with Crippen molar-refractivity contribution in [3.63, 3.8) is 0 Å². The first-order chi connectivity index (χ1) is 13.1. The number of benzene rings is 2. The number of rotatable bonds is 7. The Bertz CT molecular complexity index is 879. The van der Waals surface area contributed by atoms with Gasteiger partial charge in [0.2, 0.25) is 0 Å². The highest BCUT2D eigenvalue weighted by Crippen LogP contribution is 2.19. The van der Waals surface area contributed by atoms with Gasteiger partial charge in [0, 0.05) is 6.54 Å². The molecule has 0 atom stereocenters. The van der Waals surface area contributed by atoms with Crippen LogP contribution in [0.25, 0.3) is 0 Å². The van der Waals surface area contributed by atoms with Crippen molar-refractivity contribution in [2.24, 2.45) is 0 Å². The number of anilines is 2. The van der Waals surface area contributed by atoms with Gasteiger partial charge in [-0.3, -0.25) is 4.79 Å². The fourth-order valence-corrected chi connectivity index (χ4v) is 2.60. The highest BCUT2D eigenvalue weighted by atomic mass is 19.1. The maximum absolute atomic E-state index is 13.6. The molecule has 1 amide bonds. The molecule has 0 fully saturated rings. The first-order valence-electron chi connectivity index (χ1n) is 8.63. The standard InChI is InChI=1S/C21H19F2N3O/c22-17-9-4-10-18(23)20(17)26-21(27)19-12-11-16(14-25-19)24-13-5-8-15-6-2-1-3-7-15/h1-4,6-7,9-12,14,24H,5,8,13H2,(H,26,27). The summed E-state index contributed by atoms with van der Waals surface area (Å²) in [5.41, 5.74) is 1.65. The lowest BCUT2D eigenvalue weighted by Crippen LogP contribution is -2.16. The Morgan fingerprint density at radius 1 is 0.926 bits per heavy atom. The van der Waals surface area contributed by atoms with E-state index in [1.807, 2.05) is 18.2 Å². The van der Waals surface area contributed by atoms with Crippen molar-refractivity contribution in [3.8, 4) is 0 Å². The van der Waals surface area contributed by atoms with Crippen LogP contribution in [-0.2, 0) is 6.42 Å². The van der Waals surface area contributed by atoms with E-state index in [1.54, 1.807) is 6.07 Å². The Kier molecular flexibility index (Phi) is 6.10. The molecular formula is C21H19F2N3O. The summed E-state index contributed by atoms with van der Waals surface area (Å²) in [4.78, 5) is 16.2. The topological polar surface area (TPSA) is 54.0 Å². The molecule has 4 nitrogen and oxygen atoms in total. The molecule has 3 rings (SSSR count). The maximum Gasteiger partial charge on any atom is 0.274 e. The highest BCUT2D eigenvalue weighted by Gasteiger charge is 2.14. The van der Waals surface area contributed by atoms with E-state index in [4.69, 9.17) is 0 Å². The molecule has 6 heteroatoms. The minimum absolute atomic E-state index is 0.0764. The molecule has 0 aliphatic heterocycles. The Labute approximate surface area is 156 Å². The monoisotopic (exact) mass is 367 g/mol. The smallest absolute Gasteiger partial charge is 0.274 e. The SMILES string of the molecule is O=C(Nc1c(F)cccc1F)c1ccc(NCCCc2ccccc2)cn1. The molecule has 0 saturated heterocycles. The zero-order valence-corrected chi connectivity index (χ0v) is 14.6. The van der Waals surface area contributed by atoms with Crippen LogP contribution in [0.4, 0.5) is 20.2 Å². The molecule has 0 aliphatic rings. The number of amides is 1. The summed E-state index contributed by atoms with van der Waals surface area (Å²) >= 11 is 0. The van der Waals surface area contributed by atoms with Crippen molar-refractivity contribution in [3.05, 3.63) is 89.8 Å². The number of nitrogens with one attached hydrogen (secondary N) is 2. The summed E-state index contributed by atoms with van der Waals surface area (Å²) in [5.74, 6) is -2.34. The maximum atomic E-state index is 13.6. The lowest BCUT2D eigenvalue weighted by atomic mass is 10.1. The van der Waals surface area contributed by atoms with Gasteiger partial charge in [-0.2, -0.15) is 0 Å². The predicted molar refractivity (Wildman–Crippen MR) is 102 cm³/mol. The second-order valence-corrected chi connectivity index (χ2v) is 6.00. The normalized spacial score (nSPS) is 10.4. The number of hydrogen-bond donors (Lipinski definition) is 2. The van der Waals surface area contributed by atoms with Crippen LogP contribution < -0.4 is 10.6 Å². The zero-order valence-electron chi connectivity index (χ0n) is 14.6. The van der Waals surface area contributed by atoms with Gasteiger partial charge in [0.15, 0.2) is 0 Å². The third-order valence-corrected chi connectivity index (χ3v) is 4.01. The van der Waals surface area contributed by atoms with Crippen molar-refractivity contribution in [2.75, 3.05) is 17.2 Å². The van der Waals surface area contributed by atoms with Crippen molar-refractivity contribution < 1.29 is 13.6 Å². The quantitative estimate of drug-likeness (QED) is 0.598. The average Bonchev–Trinajstić information content (AvgIpc) is 2.69. The Balaban J connectivity index is 1.51. The summed E-state index contributed by atoms with van der Waals surface area (Å²) in [6.45, 7) is 0.766. The number of hydrogen-bond acceptors (Lipinski definition) is 3. The minimum atomic E-state index is -0.833. The lowest BCUT2D eigenvalue weighted by Gasteiger charge is -2.09. The van der Waals surface area contributed by atoms with Crippen LogP contribution in [0.2, 0.25) is 0 Å². The fourth-order valence-electron chi connectivity index (χ4n) is 2.60. The molecule has 0 aliphatic carbocycles. The van der Waals surface area contributed by atoms with Crippen LogP contribution in [0, 0.1) is 11.6 Å². The van der Waals surface area contributed by atoms with E-state index in [0.29, 0.717) is 0 Å². The second kappa shape index (κ2) is 8.89. The van der Waals surface area contributed by atoms with E-state index in [9.17, 15) is 13.6 Å². The van der Waals surface area contributed by atoms with E-state index in [-0.39, 0.29) is 5.69 Å². The first-order valence-corrected chi connectivity index (χ1v) is 8.63. The van der Waals surface area contributed by atoms with Crippen molar-refractivity contribution in [1.29, 1.82) is 0 Å². The summed E-state index contributed by atoms with van der Waals surface area (Å²) in [5, 5.41) is 5.45. The molecule has 1 aromatic heterocycles. The van der Waals surface area contributed by atoms with E-state index in [2.05, 4.69) is 27.8 Å². The van der Waals surface area contributed by atoms with Crippen molar-refractivity contribution >= 4 is 17.3 Å². The van der Waals surface area contributed by atoms with Gasteiger partial charge in [0.25, 0.3) is 5.91 Å². The van der Waals surface area contributed by atoms with Crippen LogP contribution in [0.15, 0.2) is 66.9 Å². The van der Waals surface area contributed by atoms with E-state index < -0.39 is 23.2 Å². The summed E-state index contributed by atoms with van der Waals surface area (Å²) < 4.78 is 27.2. The summed E-state index contributed by atoms with van der Waals surface area (Å²) in [6.07, 6.45) is 3.45. The molecular weight excluding hydrogens is 348 g/mol. The van der Waals surface area contributed by atoms with Gasteiger partial charge < -0.3 is 10.6 Å². The number of pyridine rings is 1. The van der Waals surface area contributed by atoms with Gasteiger partial charge in [-0.25, -0.2) is 13.8 Å². The molecule has 0 saturated carbocycles. The zero-order chi connectivity index (χ0) is 19.1. The van der Waals surface area contributed by atoms with E-state index >= 15 is 0 Å². The van der Waals surface area contributed by atoms with Crippen LogP contribution in [-0.4, -0.2) is 17.4 Å². The molecule has 2 aromatic carbocycles. The number of halogens is 2. The van der Waals surface area contributed by atoms with Gasteiger partial charge in [0.05, 0.1) is 11.9 Å². The minimum Gasteiger partial charge on any atom is -0.384 e. The molecule has 3 aromatic rings. The van der Waals surface area contributed by atoms with Gasteiger partial charge in [-0.15, -0.1) is 0 Å². The third-order valence-electron chi connectivity index (χ3n) is 4.01. The molecule has 27 heavy (non-hydrogen) atoms. The number of carbonyl (C=O) groups is 1. The second-order valence-electron chi connectivity index (χ2n) is 6.00. The van der Waals surface area contributed by atoms with Crippen molar-refractivity contribution in [1.82, 2.24) is 4.98 Å². The Morgan fingerprint density at radius 3 is 2.33 bits per heavy atom. The molecule has 1 heterocycles. The predicted octanol–water partition coefficient (Wildman–Crippen LogP) is 4.66. The highest BCUT2D eigenvalue weighted by molar-refractivity contribution is 6.03. The number of carbonyl (C=O) groups excluding carboxylic acids is 1. The van der Waals surface area contributed by atoms with Crippen LogP contribution >= 0.6 is 0 Å². The number of nitrogens with zero attached hydrogens (tertiary/aromatic N) is 1. The van der Waals surface area contributed by atoms with Gasteiger partial charge in [0.1, 0.15) is 23.0 Å². The van der Waals surface area contributed by atoms with E-state index in [0.717, 1.165) is 37.2 Å². The Hall–Kier alpha value is -3.28. The lowest BCUT2D eigenvalue weighted by molar-refractivity contribution is 0.102. The molecule has 0 radical (unpaired) electrons. The average molecular weight is 367 g/mol. The number of aryl methyl sites for hydroxylation is 1. The molecule has 0 bridgehead atoms. The van der Waals surface area contributed by atoms with Crippen molar-refractivity contribution in [2.45, 2.75) is 12.8 Å². The molecule has 0 spiro atoms. The largest absolute Gasteiger partial charge is 0.384 e. The summed E-state index contributed by atoms with van der Waals surface area (Å²) in [6, 6.07) is 16.8. The number of para-hydroxylation sites is 1. The molecule has 2 N–H and O–H groups in total. The molecule has 138 valence electrons. The summed E-state index contributed by atoms with van der Waals surface area (Å²) in [7, 11) is 0. The number of aromatic nitrogens is 1. The van der Waals surface area contributed by atoms with E-state index in [1.165, 1.54) is 23.9 Å². The fraction of sp³-hybridized carbons (Fsp3) is 0.143.